The smallest absolute Gasteiger partial charge is 0.127 e. The van der Waals surface area contributed by atoms with Crippen LogP contribution in [-0.2, 0) is 13.0 Å². The molecule has 1 unspecified atom stereocenters. The van der Waals surface area contributed by atoms with E-state index in [1.807, 2.05) is 18.3 Å². The number of ether oxygens (including phenoxy) is 1. The number of aliphatic hydroxyl groups is 1. The highest BCUT2D eigenvalue weighted by Gasteiger charge is 2.31. The number of rotatable bonds is 5. The van der Waals surface area contributed by atoms with Gasteiger partial charge in [-0.25, -0.2) is 0 Å². The van der Waals surface area contributed by atoms with Gasteiger partial charge in [0.1, 0.15) is 11.9 Å². The highest BCUT2D eigenvalue weighted by Crippen LogP contribution is 2.37. The fraction of sp³-hybridized carbons (Fsp3) is 0.476. The van der Waals surface area contributed by atoms with E-state index < -0.39 is 0 Å². The number of nitrogens with one attached hydrogen (secondary N) is 1. The molecule has 0 spiro atoms. The first-order chi connectivity index (χ1) is 12.8. The summed E-state index contributed by atoms with van der Waals surface area (Å²) in [4.78, 5) is 6.92. The molecule has 0 amide bonds. The average Bonchev–Trinajstić information content (AvgIpc) is 2.70. The first-order valence-electron chi connectivity index (χ1n) is 9.59. The molecule has 1 atom stereocenters. The molecule has 0 saturated carbocycles. The van der Waals surface area contributed by atoms with Gasteiger partial charge in [0.05, 0.1) is 18.3 Å². The Kier molecular flexibility index (Phi) is 5.48. The quantitative estimate of drug-likeness (QED) is 0.864. The van der Waals surface area contributed by atoms with E-state index in [9.17, 15) is 5.11 Å². The summed E-state index contributed by atoms with van der Waals surface area (Å²) >= 11 is 0. The first-order valence-corrected chi connectivity index (χ1v) is 9.59. The van der Waals surface area contributed by atoms with Gasteiger partial charge in [-0.2, -0.15) is 0 Å². The number of nitrogens with zero attached hydrogens (tertiary/aromatic N) is 2. The lowest BCUT2D eigenvalue weighted by molar-refractivity contribution is 0.0977. The fourth-order valence-corrected chi connectivity index (χ4v) is 4.05. The Hall–Kier alpha value is -1.95. The molecular formula is C21H27N3O2. The Morgan fingerprint density at radius 3 is 2.73 bits per heavy atom. The summed E-state index contributed by atoms with van der Waals surface area (Å²) in [6, 6.07) is 12.3. The van der Waals surface area contributed by atoms with Gasteiger partial charge in [0.15, 0.2) is 0 Å². The van der Waals surface area contributed by atoms with E-state index in [-0.39, 0.29) is 18.8 Å². The zero-order valence-corrected chi connectivity index (χ0v) is 15.1. The van der Waals surface area contributed by atoms with Gasteiger partial charge in [0.25, 0.3) is 0 Å². The van der Waals surface area contributed by atoms with E-state index in [0.29, 0.717) is 0 Å². The summed E-state index contributed by atoms with van der Waals surface area (Å²) in [7, 11) is 0. The average molecular weight is 353 g/mol. The van der Waals surface area contributed by atoms with Crippen molar-refractivity contribution in [2.75, 3.05) is 26.2 Å². The van der Waals surface area contributed by atoms with E-state index in [2.05, 4.69) is 39.5 Å². The maximum atomic E-state index is 10.2. The van der Waals surface area contributed by atoms with Crippen LogP contribution in [0.15, 0.2) is 42.6 Å². The van der Waals surface area contributed by atoms with Crippen molar-refractivity contribution in [1.29, 1.82) is 0 Å². The Bertz CT molecular complexity index is 716. The van der Waals surface area contributed by atoms with Crippen LogP contribution in [0, 0.1) is 0 Å². The number of aromatic nitrogens is 1. The molecule has 5 heteroatoms. The third-order valence-corrected chi connectivity index (χ3v) is 5.42. The largest absolute Gasteiger partial charge is 0.490 e. The monoisotopic (exact) mass is 353 g/mol. The molecule has 1 fully saturated rings. The van der Waals surface area contributed by atoms with Crippen LogP contribution in [0.25, 0.3) is 0 Å². The Labute approximate surface area is 155 Å². The van der Waals surface area contributed by atoms with Gasteiger partial charge in [-0.1, -0.05) is 30.3 Å². The number of pyridine rings is 1. The van der Waals surface area contributed by atoms with Crippen molar-refractivity contribution in [2.24, 2.45) is 0 Å². The predicted octanol–water partition coefficient (Wildman–Crippen LogP) is 2.30. The van der Waals surface area contributed by atoms with Crippen LogP contribution in [-0.4, -0.2) is 47.3 Å². The van der Waals surface area contributed by atoms with E-state index >= 15 is 0 Å². The molecule has 5 nitrogen and oxygen atoms in total. The summed E-state index contributed by atoms with van der Waals surface area (Å²) in [5, 5.41) is 13.6. The Balaban J connectivity index is 1.59. The second kappa shape index (κ2) is 8.16. The molecule has 0 aliphatic carbocycles. The molecule has 0 radical (unpaired) electrons. The van der Waals surface area contributed by atoms with Crippen molar-refractivity contribution in [3.05, 3.63) is 59.4 Å². The van der Waals surface area contributed by atoms with Crippen LogP contribution in [0.3, 0.4) is 0 Å². The van der Waals surface area contributed by atoms with Crippen LogP contribution in [0.2, 0.25) is 0 Å². The summed E-state index contributed by atoms with van der Waals surface area (Å²) in [5.41, 5.74) is 3.41. The summed E-state index contributed by atoms with van der Waals surface area (Å²) in [5.74, 6) is 0.902. The second-order valence-corrected chi connectivity index (χ2v) is 7.14. The molecule has 2 aliphatic heterocycles. The molecule has 2 aliphatic rings. The van der Waals surface area contributed by atoms with Gasteiger partial charge >= 0.3 is 0 Å². The van der Waals surface area contributed by atoms with Crippen LogP contribution in [0.5, 0.6) is 5.75 Å². The van der Waals surface area contributed by atoms with Crippen LogP contribution in [0.4, 0.5) is 0 Å². The molecule has 1 aromatic carbocycles. The Morgan fingerprint density at radius 2 is 1.96 bits per heavy atom. The standard InChI is InChI=1S/C21H27N3O2/c25-15-19-21-18(9-13-24(19)14-16-4-2-1-3-5-16)23-12-8-20(21)26-17-6-10-22-11-7-17/h1-5,8,12,17,19,22,25H,6-7,9-11,13-15H2. The maximum absolute atomic E-state index is 10.2. The topological polar surface area (TPSA) is 57.6 Å². The zero-order chi connectivity index (χ0) is 17.8. The van der Waals surface area contributed by atoms with Crippen LogP contribution < -0.4 is 10.1 Å². The van der Waals surface area contributed by atoms with Gasteiger partial charge in [0.2, 0.25) is 0 Å². The lowest BCUT2D eigenvalue weighted by Gasteiger charge is -2.37. The van der Waals surface area contributed by atoms with Gasteiger partial charge in [-0.05, 0) is 37.6 Å². The number of hydrogen-bond donors (Lipinski definition) is 2. The minimum atomic E-state index is -0.0654. The molecule has 2 aromatic rings. The molecule has 26 heavy (non-hydrogen) atoms. The molecule has 138 valence electrons. The van der Waals surface area contributed by atoms with Gasteiger partial charge < -0.3 is 15.2 Å². The molecule has 1 saturated heterocycles. The van der Waals surface area contributed by atoms with Crippen molar-refractivity contribution in [3.63, 3.8) is 0 Å². The van der Waals surface area contributed by atoms with Gasteiger partial charge in [-0.3, -0.25) is 9.88 Å². The van der Waals surface area contributed by atoms with Crippen LogP contribution >= 0.6 is 0 Å². The van der Waals surface area contributed by atoms with Crippen molar-refractivity contribution in [3.8, 4) is 5.75 Å². The SMILES string of the molecule is OCC1c2c(OC3CCNCC3)ccnc2CCN1Cc1ccccc1. The third kappa shape index (κ3) is 3.75. The first kappa shape index (κ1) is 17.5. The van der Waals surface area contributed by atoms with E-state index in [0.717, 1.165) is 62.4 Å². The highest BCUT2D eigenvalue weighted by molar-refractivity contribution is 5.41. The summed E-state index contributed by atoms with van der Waals surface area (Å²) in [6.45, 7) is 3.81. The van der Waals surface area contributed by atoms with E-state index in [4.69, 9.17) is 4.74 Å². The van der Waals surface area contributed by atoms with E-state index in [1.165, 1.54) is 5.56 Å². The summed E-state index contributed by atoms with van der Waals surface area (Å²) in [6.07, 6.45) is 5.02. The predicted molar refractivity (Wildman–Crippen MR) is 101 cm³/mol. The number of hydrogen-bond acceptors (Lipinski definition) is 5. The number of aliphatic hydroxyl groups excluding tert-OH is 1. The lowest BCUT2D eigenvalue weighted by Crippen LogP contribution is -2.38. The minimum absolute atomic E-state index is 0.0654. The Morgan fingerprint density at radius 1 is 1.15 bits per heavy atom. The molecule has 4 rings (SSSR count). The molecule has 0 bridgehead atoms. The van der Waals surface area contributed by atoms with Gasteiger partial charge in [0, 0.05) is 31.3 Å². The van der Waals surface area contributed by atoms with Crippen LogP contribution in [0.1, 0.15) is 35.7 Å². The van der Waals surface area contributed by atoms with Gasteiger partial charge in [-0.15, -0.1) is 0 Å². The third-order valence-electron chi connectivity index (χ3n) is 5.42. The molecule has 1 aromatic heterocycles. The number of fused-ring (bicyclic) bond motifs is 1. The highest BCUT2D eigenvalue weighted by atomic mass is 16.5. The minimum Gasteiger partial charge on any atom is -0.490 e. The maximum Gasteiger partial charge on any atom is 0.127 e. The zero-order valence-electron chi connectivity index (χ0n) is 15.1. The van der Waals surface area contributed by atoms with E-state index in [1.54, 1.807) is 0 Å². The second-order valence-electron chi connectivity index (χ2n) is 7.14. The van der Waals surface area contributed by atoms with Crippen molar-refractivity contribution >= 4 is 0 Å². The van der Waals surface area contributed by atoms with Crippen molar-refractivity contribution in [1.82, 2.24) is 15.2 Å². The number of benzene rings is 1. The van der Waals surface area contributed by atoms with Crippen molar-refractivity contribution < 1.29 is 9.84 Å². The van der Waals surface area contributed by atoms with Crippen molar-refractivity contribution in [2.45, 2.75) is 38.0 Å². The fourth-order valence-electron chi connectivity index (χ4n) is 4.05. The summed E-state index contributed by atoms with van der Waals surface area (Å²) < 4.78 is 6.37. The normalized spacial score (nSPS) is 21.3. The number of piperidine rings is 1. The molecular weight excluding hydrogens is 326 g/mol. The molecule has 3 heterocycles. The molecule has 2 N–H and O–H groups in total. The lowest BCUT2D eigenvalue weighted by atomic mass is 9.95.